The third-order valence-corrected chi connectivity index (χ3v) is 3.49. The fourth-order valence-electron chi connectivity index (χ4n) is 1.80. The first-order valence-corrected chi connectivity index (χ1v) is 7.00. The fraction of sp³-hybridized carbons (Fsp3) is 0.154. The molecule has 0 radical (unpaired) electrons. The summed E-state index contributed by atoms with van der Waals surface area (Å²) in [4.78, 5) is 22.2. The number of rotatable bonds is 6. The first-order valence-electron chi connectivity index (χ1n) is 6.22. The number of hydrogen-bond acceptors (Lipinski definition) is 6. The van der Waals surface area contributed by atoms with Crippen molar-refractivity contribution in [2.75, 3.05) is 17.2 Å². The number of aryl methyl sites for hydroxylation is 1. The molecule has 116 valence electrons. The van der Waals surface area contributed by atoms with E-state index >= 15 is 0 Å². The van der Waals surface area contributed by atoms with Crippen molar-refractivity contribution in [2.24, 2.45) is 11.5 Å². The van der Waals surface area contributed by atoms with Gasteiger partial charge in [0.05, 0.1) is 23.5 Å². The zero-order valence-corrected chi connectivity index (χ0v) is 12.5. The van der Waals surface area contributed by atoms with Crippen molar-refractivity contribution in [3.8, 4) is 0 Å². The molecule has 9 heteroatoms. The van der Waals surface area contributed by atoms with E-state index in [1.807, 2.05) is 6.92 Å². The Morgan fingerprint density at radius 3 is 2.59 bits per heavy atom. The number of primary amides is 2. The quantitative estimate of drug-likeness (QED) is 0.638. The Labute approximate surface area is 129 Å². The van der Waals surface area contributed by atoms with Crippen molar-refractivity contribution in [1.29, 1.82) is 0 Å². The molecule has 7 nitrogen and oxygen atoms in total. The van der Waals surface area contributed by atoms with E-state index in [0.717, 1.165) is 23.3 Å². The second kappa shape index (κ2) is 6.39. The molecule has 2 aromatic rings. The third-order valence-electron chi connectivity index (χ3n) is 2.69. The number of hydrogen-bond donors (Lipinski definition) is 4. The van der Waals surface area contributed by atoms with E-state index in [1.165, 1.54) is 6.07 Å². The van der Waals surface area contributed by atoms with Gasteiger partial charge in [-0.05, 0) is 36.7 Å². The lowest BCUT2D eigenvalue weighted by Gasteiger charge is -2.12. The van der Waals surface area contributed by atoms with Crippen LogP contribution in [0.15, 0.2) is 18.2 Å². The molecule has 22 heavy (non-hydrogen) atoms. The van der Waals surface area contributed by atoms with Gasteiger partial charge in [0.15, 0.2) is 0 Å². The van der Waals surface area contributed by atoms with Crippen molar-refractivity contribution < 1.29 is 14.0 Å². The number of halogens is 1. The van der Waals surface area contributed by atoms with Crippen LogP contribution >= 0.6 is 11.5 Å². The molecule has 1 heterocycles. The fourth-order valence-corrected chi connectivity index (χ4v) is 2.48. The highest BCUT2D eigenvalue weighted by atomic mass is 32.1. The second-order valence-electron chi connectivity index (χ2n) is 4.52. The Bertz CT molecular complexity index is 731. The number of aromatic nitrogens is 1. The summed E-state index contributed by atoms with van der Waals surface area (Å²) in [6.45, 7) is 1.65. The predicted molar refractivity (Wildman–Crippen MR) is 82.7 cm³/mol. The molecule has 0 aliphatic heterocycles. The van der Waals surface area contributed by atoms with Crippen molar-refractivity contribution in [1.82, 2.24) is 4.37 Å². The van der Waals surface area contributed by atoms with Gasteiger partial charge in [-0.3, -0.25) is 9.59 Å². The monoisotopic (exact) mass is 323 g/mol. The largest absolute Gasteiger partial charge is 0.376 e. The minimum Gasteiger partial charge on any atom is -0.376 e. The first-order chi connectivity index (χ1) is 10.4. The highest BCUT2D eigenvalue weighted by Gasteiger charge is 2.17. The lowest BCUT2D eigenvalue weighted by atomic mass is 10.1. The molecule has 2 rings (SSSR count). The van der Waals surface area contributed by atoms with Gasteiger partial charge in [-0.1, -0.05) is 0 Å². The number of nitrogens with one attached hydrogen (secondary N) is 2. The van der Waals surface area contributed by atoms with Crippen molar-refractivity contribution in [3.63, 3.8) is 0 Å². The van der Waals surface area contributed by atoms with Crippen LogP contribution in [-0.2, 0) is 4.79 Å². The molecule has 0 atom stereocenters. The Morgan fingerprint density at radius 1 is 1.32 bits per heavy atom. The average Bonchev–Trinajstić information content (AvgIpc) is 2.80. The van der Waals surface area contributed by atoms with Gasteiger partial charge in [0, 0.05) is 5.69 Å². The van der Waals surface area contributed by atoms with E-state index in [1.54, 1.807) is 6.07 Å². The summed E-state index contributed by atoms with van der Waals surface area (Å²) >= 11 is 1.16. The molecule has 0 aliphatic rings. The molecule has 0 unspecified atom stereocenters. The third kappa shape index (κ3) is 3.70. The maximum absolute atomic E-state index is 14.1. The van der Waals surface area contributed by atoms with Crippen LogP contribution in [0, 0.1) is 12.7 Å². The van der Waals surface area contributed by atoms with Crippen LogP contribution in [0.3, 0.4) is 0 Å². The van der Waals surface area contributed by atoms with Gasteiger partial charge in [0.25, 0.3) is 5.91 Å². The number of nitrogens with two attached hydrogens (primary N) is 2. The smallest absolute Gasteiger partial charge is 0.253 e. The molecule has 1 aromatic carbocycles. The van der Waals surface area contributed by atoms with E-state index in [4.69, 9.17) is 11.5 Å². The predicted octanol–water partition coefficient (Wildman–Crippen LogP) is 1.33. The maximum Gasteiger partial charge on any atom is 0.253 e. The zero-order valence-electron chi connectivity index (χ0n) is 11.6. The number of amides is 2. The minimum atomic E-state index is -0.900. The number of carbonyl (C=O) groups is 2. The molecule has 2 amide bonds. The molecule has 0 fully saturated rings. The van der Waals surface area contributed by atoms with Gasteiger partial charge in [0.1, 0.15) is 10.8 Å². The Balaban J connectivity index is 2.38. The van der Waals surface area contributed by atoms with Crippen LogP contribution < -0.4 is 22.1 Å². The van der Waals surface area contributed by atoms with Crippen LogP contribution in [0.4, 0.5) is 20.8 Å². The standard InChI is InChI=1S/C13H14FN5O2S/c1-6-2-11(22-19-6)18-9-4-7(17-5-10(15)20)3-8(14)12(9)13(16)21/h2-4,17-18H,5H2,1H3,(H2,15,20)(H2,16,21). The van der Waals surface area contributed by atoms with Crippen LogP contribution in [0.25, 0.3) is 0 Å². The molecule has 1 aromatic heterocycles. The van der Waals surface area contributed by atoms with Gasteiger partial charge >= 0.3 is 0 Å². The molecule has 0 spiro atoms. The van der Waals surface area contributed by atoms with Gasteiger partial charge in [-0.25, -0.2) is 4.39 Å². The molecule has 6 N–H and O–H groups in total. The number of nitrogens with zero attached hydrogens (tertiary/aromatic N) is 1. The molecule has 0 aliphatic carbocycles. The molecular weight excluding hydrogens is 309 g/mol. The number of carbonyl (C=O) groups excluding carboxylic acids is 2. The average molecular weight is 323 g/mol. The van der Waals surface area contributed by atoms with E-state index in [2.05, 4.69) is 15.0 Å². The van der Waals surface area contributed by atoms with E-state index in [9.17, 15) is 14.0 Å². The summed E-state index contributed by atoms with van der Waals surface area (Å²) in [6.07, 6.45) is 0. The van der Waals surface area contributed by atoms with Gasteiger partial charge in [-0.15, -0.1) is 0 Å². The molecule has 0 saturated heterocycles. The minimum absolute atomic E-state index is 0.158. The highest BCUT2D eigenvalue weighted by molar-refractivity contribution is 7.10. The van der Waals surface area contributed by atoms with Crippen LogP contribution in [0.2, 0.25) is 0 Å². The molecule has 0 bridgehead atoms. The number of benzene rings is 1. The first kappa shape index (κ1) is 15.7. The SMILES string of the molecule is Cc1cc(Nc2cc(NCC(N)=O)cc(F)c2C(N)=O)sn1. The van der Waals surface area contributed by atoms with Crippen molar-refractivity contribution >= 4 is 39.7 Å². The normalized spacial score (nSPS) is 10.3. The number of anilines is 3. The second-order valence-corrected chi connectivity index (χ2v) is 5.33. The van der Waals surface area contributed by atoms with Crippen LogP contribution in [0.1, 0.15) is 16.1 Å². The highest BCUT2D eigenvalue weighted by Crippen LogP contribution is 2.29. The topological polar surface area (TPSA) is 123 Å². The molecular formula is C13H14FN5O2S. The van der Waals surface area contributed by atoms with Gasteiger partial charge in [-0.2, -0.15) is 4.37 Å². The summed E-state index contributed by atoms with van der Waals surface area (Å²) in [5.41, 5.74) is 11.3. The van der Waals surface area contributed by atoms with Crippen molar-refractivity contribution in [2.45, 2.75) is 6.92 Å². The molecule has 0 saturated carbocycles. The summed E-state index contributed by atoms with van der Waals surface area (Å²) < 4.78 is 18.2. The Kier molecular flexibility index (Phi) is 4.56. The van der Waals surface area contributed by atoms with Gasteiger partial charge < -0.3 is 22.1 Å². The van der Waals surface area contributed by atoms with Crippen molar-refractivity contribution in [3.05, 3.63) is 35.3 Å². The zero-order chi connectivity index (χ0) is 16.3. The van der Waals surface area contributed by atoms with E-state index in [0.29, 0.717) is 10.7 Å². The summed E-state index contributed by atoms with van der Waals surface area (Å²) in [6, 6.07) is 4.30. The Morgan fingerprint density at radius 2 is 2.05 bits per heavy atom. The van der Waals surface area contributed by atoms with Crippen LogP contribution in [-0.4, -0.2) is 22.7 Å². The lowest BCUT2D eigenvalue weighted by Crippen LogP contribution is -2.22. The Hall–Kier alpha value is -2.68. The van der Waals surface area contributed by atoms with Gasteiger partial charge in [0.2, 0.25) is 5.91 Å². The summed E-state index contributed by atoms with van der Waals surface area (Å²) in [5, 5.41) is 6.20. The van der Waals surface area contributed by atoms with E-state index in [-0.39, 0.29) is 17.8 Å². The van der Waals surface area contributed by atoms with Crippen LogP contribution in [0.5, 0.6) is 0 Å². The summed E-state index contributed by atoms with van der Waals surface area (Å²) in [5.74, 6) is -2.29. The lowest BCUT2D eigenvalue weighted by molar-refractivity contribution is -0.116. The van der Waals surface area contributed by atoms with E-state index < -0.39 is 17.6 Å². The maximum atomic E-state index is 14.1. The summed E-state index contributed by atoms with van der Waals surface area (Å²) in [7, 11) is 0.